The molecule has 0 saturated carbocycles. The molecule has 2 N–H and O–H groups in total. The van der Waals surface area contributed by atoms with E-state index in [2.05, 4.69) is 43.2 Å². The summed E-state index contributed by atoms with van der Waals surface area (Å²) in [5.74, 6) is -0.0656. The Labute approximate surface area is 150 Å². The van der Waals surface area contributed by atoms with Crippen molar-refractivity contribution in [2.24, 2.45) is 5.92 Å². The minimum atomic E-state index is -0.331. The van der Waals surface area contributed by atoms with Crippen LogP contribution in [-0.4, -0.2) is 22.7 Å². The molecule has 1 aromatic heterocycles. The molecule has 1 aromatic carbocycles. The van der Waals surface area contributed by atoms with Crippen molar-refractivity contribution in [2.45, 2.75) is 52.6 Å². The number of rotatable bonds is 6. The summed E-state index contributed by atoms with van der Waals surface area (Å²) < 4.78 is 14.1. The molecule has 0 amide bonds. The highest BCUT2D eigenvalue weighted by atomic mass is 19.1. The van der Waals surface area contributed by atoms with Crippen LogP contribution in [0.3, 0.4) is 0 Å². The Hall–Kier alpha value is -1.78. The lowest BCUT2D eigenvalue weighted by atomic mass is 9.86. The molecule has 3 nitrogen and oxygen atoms in total. The van der Waals surface area contributed by atoms with Crippen LogP contribution in [0.4, 0.5) is 4.39 Å². The first-order chi connectivity index (χ1) is 11.7. The monoisotopic (exact) mass is 344 g/mol. The maximum absolute atomic E-state index is 14.1. The summed E-state index contributed by atoms with van der Waals surface area (Å²) in [5.41, 5.74) is 3.44. The second kappa shape index (κ2) is 8.07. The largest absolute Gasteiger partial charge is 0.395 e. The highest BCUT2D eigenvalue weighted by Crippen LogP contribution is 2.25. The molecule has 1 atom stereocenters. The smallest absolute Gasteiger partial charge is 0.146 e. The Kier molecular flexibility index (Phi) is 6.31. The second-order valence-electron chi connectivity index (χ2n) is 7.87. The van der Waals surface area contributed by atoms with E-state index in [1.807, 2.05) is 26.0 Å². The minimum Gasteiger partial charge on any atom is -0.395 e. The Morgan fingerprint density at radius 2 is 1.72 bits per heavy atom. The first kappa shape index (κ1) is 19.5. The van der Waals surface area contributed by atoms with Gasteiger partial charge in [0.05, 0.1) is 18.0 Å². The maximum atomic E-state index is 14.1. The molecule has 0 aliphatic carbocycles. The third-order valence-corrected chi connectivity index (χ3v) is 4.50. The number of hydrogen-bond acceptors (Lipinski definition) is 3. The number of hydrogen-bond donors (Lipinski definition) is 2. The normalized spacial score (nSPS) is 13.3. The molecular formula is C21H29FN2O. The number of aliphatic hydroxyl groups excluding tert-OH is 1. The fourth-order valence-electron chi connectivity index (χ4n) is 2.65. The van der Waals surface area contributed by atoms with Crippen LogP contribution in [0.1, 0.15) is 45.9 Å². The van der Waals surface area contributed by atoms with Crippen molar-refractivity contribution >= 4 is 0 Å². The molecule has 0 unspecified atom stereocenters. The molecule has 4 heteroatoms. The van der Waals surface area contributed by atoms with Gasteiger partial charge in [0.2, 0.25) is 0 Å². The van der Waals surface area contributed by atoms with Crippen molar-refractivity contribution in [3.05, 3.63) is 53.5 Å². The molecule has 1 heterocycles. The van der Waals surface area contributed by atoms with Crippen LogP contribution in [0.2, 0.25) is 0 Å². The summed E-state index contributed by atoms with van der Waals surface area (Å²) in [6.07, 6.45) is 0. The summed E-state index contributed by atoms with van der Waals surface area (Å²) in [6, 6.07) is 11.3. The first-order valence-electron chi connectivity index (χ1n) is 8.83. The van der Waals surface area contributed by atoms with E-state index in [0.717, 1.165) is 11.3 Å². The Morgan fingerprint density at radius 3 is 2.24 bits per heavy atom. The van der Waals surface area contributed by atoms with Gasteiger partial charge in [-0.1, -0.05) is 58.9 Å². The number of aliphatic hydroxyl groups is 1. The number of aromatic nitrogens is 1. The third kappa shape index (κ3) is 5.10. The van der Waals surface area contributed by atoms with E-state index in [0.29, 0.717) is 12.2 Å². The molecule has 0 spiro atoms. The van der Waals surface area contributed by atoms with Gasteiger partial charge in [-0.25, -0.2) is 9.37 Å². The average molecular weight is 344 g/mol. The van der Waals surface area contributed by atoms with Gasteiger partial charge >= 0.3 is 0 Å². The fourth-order valence-corrected chi connectivity index (χ4v) is 2.65. The van der Waals surface area contributed by atoms with Gasteiger partial charge < -0.3 is 10.4 Å². The van der Waals surface area contributed by atoms with Gasteiger partial charge in [0.15, 0.2) is 0 Å². The van der Waals surface area contributed by atoms with Crippen molar-refractivity contribution in [2.75, 3.05) is 6.61 Å². The predicted octanol–water partition coefficient (Wildman–Crippen LogP) is 4.29. The SMILES string of the molecule is CC(C)[C@H](CO)NCc1nc(-c2ccc(C(C)(C)C)cc2)ccc1F. The Morgan fingerprint density at radius 1 is 1.08 bits per heavy atom. The van der Waals surface area contributed by atoms with Crippen LogP contribution in [0.25, 0.3) is 11.3 Å². The Balaban J connectivity index is 2.20. The van der Waals surface area contributed by atoms with Gasteiger partial charge in [-0.3, -0.25) is 0 Å². The van der Waals surface area contributed by atoms with E-state index in [1.165, 1.54) is 11.6 Å². The first-order valence-corrected chi connectivity index (χ1v) is 8.83. The van der Waals surface area contributed by atoms with Crippen molar-refractivity contribution < 1.29 is 9.50 Å². The highest BCUT2D eigenvalue weighted by molar-refractivity contribution is 5.60. The second-order valence-corrected chi connectivity index (χ2v) is 7.87. The summed E-state index contributed by atoms with van der Waals surface area (Å²) in [5, 5.41) is 12.6. The van der Waals surface area contributed by atoms with Crippen LogP contribution in [0.5, 0.6) is 0 Å². The number of pyridine rings is 1. The molecule has 0 saturated heterocycles. The lowest BCUT2D eigenvalue weighted by molar-refractivity contribution is 0.209. The van der Waals surface area contributed by atoms with Crippen molar-refractivity contribution in [3.8, 4) is 11.3 Å². The lowest BCUT2D eigenvalue weighted by Gasteiger charge is -2.20. The van der Waals surface area contributed by atoms with E-state index < -0.39 is 0 Å². The quantitative estimate of drug-likeness (QED) is 0.821. The average Bonchev–Trinajstić information content (AvgIpc) is 2.56. The van der Waals surface area contributed by atoms with Crippen LogP contribution in [-0.2, 0) is 12.0 Å². The van der Waals surface area contributed by atoms with Crippen molar-refractivity contribution in [1.29, 1.82) is 0 Å². The lowest BCUT2D eigenvalue weighted by Crippen LogP contribution is -2.36. The van der Waals surface area contributed by atoms with Gasteiger partial charge in [-0.2, -0.15) is 0 Å². The highest BCUT2D eigenvalue weighted by Gasteiger charge is 2.15. The van der Waals surface area contributed by atoms with Gasteiger partial charge in [0.25, 0.3) is 0 Å². The van der Waals surface area contributed by atoms with E-state index >= 15 is 0 Å². The summed E-state index contributed by atoms with van der Waals surface area (Å²) >= 11 is 0. The van der Waals surface area contributed by atoms with Crippen molar-refractivity contribution in [3.63, 3.8) is 0 Å². The van der Waals surface area contributed by atoms with E-state index in [-0.39, 0.29) is 29.8 Å². The van der Waals surface area contributed by atoms with Crippen LogP contribution in [0.15, 0.2) is 36.4 Å². The van der Waals surface area contributed by atoms with Gasteiger partial charge in [-0.05, 0) is 29.0 Å². The molecule has 2 aromatic rings. The molecule has 2 rings (SSSR count). The van der Waals surface area contributed by atoms with Crippen molar-refractivity contribution in [1.82, 2.24) is 10.3 Å². The molecular weight excluding hydrogens is 315 g/mol. The molecule has 0 aliphatic heterocycles. The maximum Gasteiger partial charge on any atom is 0.146 e. The van der Waals surface area contributed by atoms with Gasteiger partial charge in [-0.15, -0.1) is 0 Å². The predicted molar refractivity (Wildman–Crippen MR) is 101 cm³/mol. The molecule has 136 valence electrons. The zero-order valence-electron chi connectivity index (χ0n) is 15.8. The minimum absolute atomic E-state index is 0.0211. The topological polar surface area (TPSA) is 45.1 Å². The molecule has 0 bridgehead atoms. The van der Waals surface area contributed by atoms with E-state index in [1.54, 1.807) is 6.07 Å². The zero-order valence-corrected chi connectivity index (χ0v) is 15.8. The molecule has 0 radical (unpaired) electrons. The third-order valence-electron chi connectivity index (χ3n) is 4.50. The molecule has 25 heavy (non-hydrogen) atoms. The van der Waals surface area contributed by atoms with Crippen LogP contribution in [0, 0.1) is 11.7 Å². The van der Waals surface area contributed by atoms with Crippen LogP contribution >= 0.6 is 0 Å². The summed E-state index contributed by atoms with van der Waals surface area (Å²) in [6.45, 7) is 10.9. The zero-order chi connectivity index (χ0) is 18.6. The summed E-state index contributed by atoms with van der Waals surface area (Å²) in [7, 11) is 0. The summed E-state index contributed by atoms with van der Waals surface area (Å²) in [4.78, 5) is 4.48. The van der Waals surface area contributed by atoms with Gasteiger partial charge in [0, 0.05) is 18.2 Å². The van der Waals surface area contributed by atoms with Crippen LogP contribution < -0.4 is 5.32 Å². The number of benzene rings is 1. The number of nitrogens with one attached hydrogen (secondary N) is 1. The molecule has 0 aliphatic rings. The number of halogens is 1. The number of nitrogens with zero attached hydrogens (tertiary/aromatic N) is 1. The Bertz CT molecular complexity index is 690. The van der Waals surface area contributed by atoms with E-state index in [4.69, 9.17) is 0 Å². The van der Waals surface area contributed by atoms with E-state index in [9.17, 15) is 9.50 Å². The fraction of sp³-hybridized carbons (Fsp3) is 0.476. The standard InChI is InChI=1S/C21H29FN2O/c1-14(2)20(13-25)23-12-19-17(22)10-11-18(24-19)15-6-8-16(9-7-15)21(3,4)5/h6-11,14,20,23,25H,12-13H2,1-5H3/t20-/m0/s1. The molecule has 0 fully saturated rings. The van der Waals surface area contributed by atoms with Gasteiger partial charge in [0.1, 0.15) is 5.82 Å².